The molecule has 2 nitrogen and oxygen atoms in total. The monoisotopic (exact) mass is 221 g/mol. The Balaban J connectivity index is 2.70. The minimum atomic E-state index is -0.458. The summed E-state index contributed by atoms with van der Waals surface area (Å²) in [5, 5.41) is 13.6. The van der Waals surface area contributed by atoms with Crippen LogP contribution in [0.25, 0.3) is 0 Å². The van der Waals surface area contributed by atoms with E-state index in [9.17, 15) is 5.11 Å². The standard InChI is InChI=1S/C14H23NO/c1-10-6-8-12(9-7-10)13(16)11(2)15-14(3,4)5/h6-9,11,13,15-16H,1-5H3/t11-,13-/m0/s1. The van der Waals surface area contributed by atoms with Crippen LogP contribution < -0.4 is 5.32 Å². The summed E-state index contributed by atoms with van der Waals surface area (Å²) in [4.78, 5) is 0. The Morgan fingerprint density at radius 3 is 2.06 bits per heavy atom. The van der Waals surface area contributed by atoms with Crippen molar-refractivity contribution in [2.75, 3.05) is 0 Å². The predicted octanol–water partition coefficient (Wildman–Crippen LogP) is 2.81. The lowest BCUT2D eigenvalue weighted by Gasteiger charge is -2.29. The number of hydrogen-bond acceptors (Lipinski definition) is 2. The highest BCUT2D eigenvalue weighted by molar-refractivity contribution is 5.24. The van der Waals surface area contributed by atoms with Gasteiger partial charge < -0.3 is 10.4 Å². The molecule has 0 aliphatic rings. The van der Waals surface area contributed by atoms with Crippen LogP contribution in [0.1, 0.15) is 44.9 Å². The van der Waals surface area contributed by atoms with Crippen molar-refractivity contribution in [1.82, 2.24) is 5.32 Å². The second-order valence-corrected chi connectivity index (χ2v) is 5.54. The molecule has 0 aliphatic heterocycles. The first kappa shape index (κ1) is 13.2. The van der Waals surface area contributed by atoms with Gasteiger partial charge in [0.15, 0.2) is 0 Å². The molecule has 0 saturated heterocycles. The van der Waals surface area contributed by atoms with Crippen molar-refractivity contribution in [3.8, 4) is 0 Å². The van der Waals surface area contributed by atoms with E-state index < -0.39 is 6.10 Å². The van der Waals surface area contributed by atoms with Crippen molar-refractivity contribution < 1.29 is 5.11 Å². The first-order valence-electron chi connectivity index (χ1n) is 5.82. The topological polar surface area (TPSA) is 32.3 Å². The van der Waals surface area contributed by atoms with Crippen LogP contribution >= 0.6 is 0 Å². The van der Waals surface area contributed by atoms with Gasteiger partial charge in [0.2, 0.25) is 0 Å². The normalized spacial score (nSPS) is 15.9. The van der Waals surface area contributed by atoms with Gasteiger partial charge in [0.25, 0.3) is 0 Å². The first-order valence-corrected chi connectivity index (χ1v) is 5.82. The van der Waals surface area contributed by atoms with E-state index in [0.717, 1.165) is 5.56 Å². The molecule has 0 fully saturated rings. The van der Waals surface area contributed by atoms with Crippen LogP contribution in [-0.4, -0.2) is 16.7 Å². The van der Waals surface area contributed by atoms with Crippen molar-refractivity contribution in [2.24, 2.45) is 0 Å². The summed E-state index contributed by atoms with van der Waals surface area (Å²) < 4.78 is 0. The lowest BCUT2D eigenvalue weighted by molar-refractivity contribution is 0.121. The van der Waals surface area contributed by atoms with Gasteiger partial charge >= 0.3 is 0 Å². The molecule has 2 atom stereocenters. The lowest BCUT2D eigenvalue weighted by atomic mass is 9.99. The maximum Gasteiger partial charge on any atom is 0.0940 e. The Kier molecular flexibility index (Phi) is 4.11. The number of benzene rings is 1. The molecular weight excluding hydrogens is 198 g/mol. The largest absolute Gasteiger partial charge is 0.387 e. The summed E-state index contributed by atoms with van der Waals surface area (Å²) in [7, 11) is 0. The van der Waals surface area contributed by atoms with E-state index >= 15 is 0 Å². The van der Waals surface area contributed by atoms with Crippen molar-refractivity contribution in [1.29, 1.82) is 0 Å². The zero-order valence-electron chi connectivity index (χ0n) is 10.9. The Morgan fingerprint density at radius 2 is 1.62 bits per heavy atom. The summed E-state index contributed by atoms with van der Waals surface area (Å²) in [6.45, 7) is 10.4. The first-order chi connectivity index (χ1) is 7.29. The smallest absolute Gasteiger partial charge is 0.0940 e. The van der Waals surface area contributed by atoms with E-state index in [4.69, 9.17) is 0 Å². The number of rotatable bonds is 3. The van der Waals surface area contributed by atoms with E-state index in [0.29, 0.717) is 0 Å². The molecule has 1 aromatic rings. The predicted molar refractivity (Wildman–Crippen MR) is 68.5 cm³/mol. The molecule has 0 aromatic heterocycles. The van der Waals surface area contributed by atoms with Crippen LogP contribution in [0.3, 0.4) is 0 Å². The number of aliphatic hydroxyl groups excluding tert-OH is 1. The Morgan fingerprint density at radius 1 is 1.12 bits per heavy atom. The second kappa shape index (κ2) is 4.98. The number of aliphatic hydroxyl groups is 1. The highest BCUT2D eigenvalue weighted by Gasteiger charge is 2.20. The van der Waals surface area contributed by atoms with Gasteiger partial charge in [-0.3, -0.25) is 0 Å². The number of aryl methyl sites for hydroxylation is 1. The van der Waals surface area contributed by atoms with Gasteiger partial charge in [-0.15, -0.1) is 0 Å². The summed E-state index contributed by atoms with van der Waals surface area (Å²) in [6.07, 6.45) is -0.458. The van der Waals surface area contributed by atoms with Crippen LogP contribution in [0.15, 0.2) is 24.3 Å². The van der Waals surface area contributed by atoms with Crippen LogP contribution in [0, 0.1) is 6.92 Å². The fourth-order valence-corrected chi connectivity index (χ4v) is 1.81. The lowest BCUT2D eigenvalue weighted by Crippen LogP contribution is -2.44. The molecule has 1 aromatic carbocycles. The zero-order chi connectivity index (χ0) is 12.3. The van der Waals surface area contributed by atoms with Gasteiger partial charge in [-0.2, -0.15) is 0 Å². The average molecular weight is 221 g/mol. The maximum absolute atomic E-state index is 10.2. The highest BCUT2D eigenvalue weighted by atomic mass is 16.3. The van der Waals surface area contributed by atoms with Crippen LogP contribution in [0.4, 0.5) is 0 Å². The highest BCUT2D eigenvalue weighted by Crippen LogP contribution is 2.18. The van der Waals surface area contributed by atoms with Gasteiger partial charge in [-0.25, -0.2) is 0 Å². The zero-order valence-corrected chi connectivity index (χ0v) is 10.9. The molecule has 1 rings (SSSR count). The van der Waals surface area contributed by atoms with Gasteiger partial charge in [-0.05, 0) is 40.2 Å². The molecule has 0 radical (unpaired) electrons. The molecule has 0 saturated carbocycles. The van der Waals surface area contributed by atoms with E-state index in [1.165, 1.54) is 5.56 Å². The Bertz CT molecular complexity index is 324. The van der Waals surface area contributed by atoms with Gasteiger partial charge in [0.1, 0.15) is 0 Å². The summed E-state index contributed by atoms with van der Waals surface area (Å²) in [5.41, 5.74) is 2.20. The Labute approximate surface area is 98.7 Å². The maximum atomic E-state index is 10.2. The van der Waals surface area contributed by atoms with Crippen LogP contribution in [0.5, 0.6) is 0 Å². The minimum absolute atomic E-state index is 0.0189. The third-order valence-corrected chi connectivity index (χ3v) is 2.55. The fourth-order valence-electron chi connectivity index (χ4n) is 1.81. The van der Waals surface area contributed by atoms with Gasteiger partial charge in [0.05, 0.1) is 6.10 Å². The number of hydrogen-bond donors (Lipinski definition) is 2. The number of nitrogens with one attached hydrogen (secondary N) is 1. The molecule has 0 bridgehead atoms. The fraction of sp³-hybridized carbons (Fsp3) is 0.571. The summed E-state index contributed by atoms with van der Waals surface area (Å²) >= 11 is 0. The molecular formula is C14H23NO. The van der Waals surface area contributed by atoms with Crippen molar-refractivity contribution in [2.45, 2.75) is 52.3 Å². The minimum Gasteiger partial charge on any atom is -0.387 e. The molecule has 0 amide bonds. The quantitative estimate of drug-likeness (QED) is 0.822. The third kappa shape index (κ3) is 3.95. The van der Waals surface area contributed by atoms with Crippen molar-refractivity contribution in [3.63, 3.8) is 0 Å². The van der Waals surface area contributed by atoms with E-state index in [2.05, 4.69) is 26.1 Å². The van der Waals surface area contributed by atoms with E-state index in [1.807, 2.05) is 38.1 Å². The molecule has 0 unspecified atom stereocenters. The van der Waals surface area contributed by atoms with Crippen molar-refractivity contribution in [3.05, 3.63) is 35.4 Å². The van der Waals surface area contributed by atoms with Gasteiger partial charge in [0, 0.05) is 11.6 Å². The second-order valence-electron chi connectivity index (χ2n) is 5.54. The third-order valence-electron chi connectivity index (χ3n) is 2.55. The van der Waals surface area contributed by atoms with Crippen LogP contribution in [0.2, 0.25) is 0 Å². The van der Waals surface area contributed by atoms with Crippen LogP contribution in [-0.2, 0) is 0 Å². The van der Waals surface area contributed by atoms with E-state index in [-0.39, 0.29) is 11.6 Å². The van der Waals surface area contributed by atoms with E-state index in [1.54, 1.807) is 0 Å². The molecule has 2 heteroatoms. The Hall–Kier alpha value is -0.860. The molecule has 16 heavy (non-hydrogen) atoms. The molecule has 2 N–H and O–H groups in total. The van der Waals surface area contributed by atoms with Crippen molar-refractivity contribution >= 4 is 0 Å². The molecule has 90 valence electrons. The molecule has 0 aliphatic carbocycles. The molecule has 0 heterocycles. The summed E-state index contributed by atoms with van der Waals surface area (Å²) in [6, 6.07) is 8.08. The SMILES string of the molecule is Cc1ccc([C@@H](O)[C@H](C)NC(C)(C)C)cc1. The molecule has 0 spiro atoms. The summed E-state index contributed by atoms with van der Waals surface area (Å²) in [5.74, 6) is 0. The average Bonchev–Trinajstić information content (AvgIpc) is 2.15. The van der Waals surface area contributed by atoms with Gasteiger partial charge in [-0.1, -0.05) is 29.8 Å².